The van der Waals surface area contributed by atoms with Crippen LogP contribution in [0.15, 0.2) is 34.8 Å². The molecule has 3 heterocycles. The predicted molar refractivity (Wildman–Crippen MR) is 93.6 cm³/mol. The van der Waals surface area contributed by atoms with E-state index >= 15 is 0 Å². The van der Waals surface area contributed by atoms with Gasteiger partial charge in [0.25, 0.3) is 0 Å². The molecule has 23 heavy (non-hydrogen) atoms. The van der Waals surface area contributed by atoms with Gasteiger partial charge < -0.3 is 14.1 Å². The molecule has 0 radical (unpaired) electrons. The lowest BCUT2D eigenvalue weighted by Crippen LogP contribution is -2.20. The zero-order chi connectivity index (χ0) is 15.5. The van der Waals surface area contributed by atoms with Crippen LogP contribution < -0.4 is 0 Å². The number of hydrogen-bond donors (Lipinski definition) is 0. The molecule has 1 aromatic carbocycles. The van der Waals surface area contributed by atoms with Crippen molar-refractivity contribution in [3.63, 3.8) is 0 Å². The van der Waals surface area contributed by atoms with Gasteiger partial charge in [-0.2, -0.15) is 0 Å². The lowest BCUT2D eigenvalue weighted by atomic mass is 10.00. The van der Waals surface area contributed by atoms with Gasteiger partial charge in [-0.15, -0.1) is 0 Å². The molecule has 2 aromatic rings. The number of rotatable bonds is 5. The third kappa shape index (κ3) is 3.36. The van der Waals surface area contributed by atoms with E-state index in [1.54, 1.807) is 0 Å². The first kappa shape index (κ1) is 15.0. The molecule has 3 heteroatoms. The Morgan fingerprint density at radius 3 is 2.87 bits per heavy atom. The molecule has 2 aliphatic heterocycles. The van der Waals surface area contributed by atoms with Gasteiger partial charge in [-0.05, 0) is 68.6 Å². The monoisotopic (exact) mass is 311 g/mol. The molecule has 1 saturated heterocycles. The van der Waals surface area contributed by atoms with Crippen molar-refractivity contribution < 1.29 is 9.15 Å². The summed E-state index contributed by atoms with van der Waals surface area (Å²) in [6, 6.07) is 8.59. The van der Waals surface area contributed by atoms with E-state index in [9.17, 15) is 0 Å². The van der Waals surface area contributed by atoms with Crippen LogP contribution in [0, 0.1) is 0 Å². The minimum atomic E-state index is 0.717. The molecule has 1 fully saturated rings. The summed E-state index contributed by atoms with van der Waals surface area (Å²) >= 11 is 0. The molecule has 0 bridgehead atoms. The minimum absolute atomic E-state index is 0.717. The lowest BCUT2D eigenvalue weighted by Gasteiger charge is -2.14. The number of furan rings is 1. The van der Waals surface area contributed by atoms with E-state index in [1.165, 1.54) is 55.4 Å². The second-order valence-corrected chi connectivity index (χ2v) is 6.65. The number of benzene rings is 1. The zero-order valence-corrected chi connectivity index (χ0v) is 13.7. The van der Waals surface area contributed by atoms with Gasteiger partial charge in [0.05, 0.1) is 13.2 Å². The van der Waals surface area contributed by atoms with Crippen LogP contribution in [0.1, 0.15) is 37.0 Å². The third-order valence-corrected chi connectivity index (χ3v) is 4.97. The van der Waals surface area contributed by atoms with Crippen molar-refractivity contribution in [2.45, 2.75) is 32.1 Å². The molecule has 1 aromatic heterocycles. The fourth-order valence-electron chi connectivity index (χ4n) is 3.75. The molecule has 3 nitrogen and oxygen atoms in total. The summed E-state index contributed by atoms with van der Waals surface area (Å²) in [5.41, 5.74) is 3.58. The van der Waals surface area contributed by atoms with Crippen molar-refractivity contribution in [1.29, 1.82) is 0 Å². The number of nitrogens with zero attached hydrogens (tertiary/aromatic N) is 1. The van der Waals surface area contributed by atoms with Crippen LogP contribution in [0.25, 0.3) is 16.5 Å². The summed E-state index contributed by atoms with van der Waals surface area (Å²) in [7, 11) is 0. The Morgan fingerprint density at radius 1 is 1.13 bits per heavy atom. The molecule has 0 atom stereocenters. The van der Waals surface area contributed by atoms with Gasteiger partial charge in [0.2, 0.25) is 0 Å². The van der Waals surface area contributed by atoms with Crippen LogP contribution in [0.3, 0.4) is 0 Å². The molecular formula is C20H25NO2. The smallest absolute Gasteiger partial charge is 0.134 e. The van der Waals surface area contributed by atoms with Gasteiger partial charge in [0.15, 0.2) is 0 Å². The average Bonchev–Trinajstić information content (AvgIpc) is 3.24. The molecule has 0 saturated carbocycles. The van der Waals surface area contributed by atoms with E-state index < -0.39 is 0 Å². The van der Waals surface area contributed by atoms with E-state index in [2.05, 4.69) is 35.2 Å². The van der Waals surface area contributed by atoms with Crippen LogP contribution in [-0.2, 0) is 11.2 Å². The van der Waals surface area contributed by atoms with Gasteiger partial charge >= 0.3 is 0 Å². The van der Waals surface area contributed by atoms with Crippen LogP contribution >= 0.6 is 0 Å². The fourth-order valence-corrected chi connectivity index (χ4v) is 3.75. The van der Waals surface area contributed by atoms with Gasteiger partial charge in [-0.3, -0.25) is 0 Å². The molecule has 2 aliphatic rings. The Bertz CT molecular complexity index is 695. The van der Waals surface area contributed by atoms with Gasteiger partial charge in [-0.25, -0.2) is 0 Å². The summed E-state index contributed by atoms with van der Waals surface area (Å²) in [5, 5.41) is 1.24. The number of ether oxygens (including phenoxy) is 1. The molecule has 0 N–H and O–H groups in total. The van der Waals surface area contributed by atoms with Crippen molar-refractivity contribution in [3.8, 4) is 0 Å². The van der Waals surface area contributed by atoms with Crippen LogP contribution in [0.5, 0.6) is 0 Å². The first-order chi connectivity index (χ1) is 11.4. The Kier molecular flexibility index (Phi) is 4.49. The second-order valence-electron chi connectivity index (χ2n) is 6.65. The maximum atomic E-state index is 6.08. The SMILES string of the molecule is C1=C(c2cccc3oc(CCCN4CCCC4)cc23)COCC1. The molecule has 0 spiro atoms. The zero-order valence-electron chi connectivity index (χ0n) is 13.7. The molecule has 0 amide bonds. The largest absolute Gasteiger partial charge is 0.461 e. The number of aryl methyl sites for hydroxylation is 1. The van der Waals surface area contributed by atoms with E-state index in [-0.39, 0.29) is 0 Å². The van der Waals surface area contributed by atoms with E-state index in [0.29, 0.717) is 6.61 Å². The summed E-state index contributed by atoms with van der Waals surface area (Å²) < 4.78 is 11.7. The molecular weight excluding hydrogens is 286 g/mol. The van der Waals surface area contributed by atoms with Gasteiger partial charge in [-0.1, -0.05) is 18.2 Å². The molecule has 0 aliphatic carbocycles. The lowest BCUT2D eigenvalue weighted by molar-refractivity contribution is 0.164. The number of hydrogen-bond acceptors (Lipinski definition) is 3. The minimum Gasteiger partial charge on any atom is -0.461 e. The maximum Gasteiger partial charge on any atom is 0.134 e. The topological polar surface area (TPSA) is 25.6 Å². The fraction of sp³-hybridized carbons (Fsp3) is 0.500. The summed E-state index contributed by atoms with van der Waals surface area (Å²) in [6.07, 6.45) is 8.25. The number of fused-ring (bicyclic) bond motifs is 1. The Balaban J connectivity index is 1.49. The van der Waals surface area contributed by atoms with Crippen LogP contribution in [0.2, 0.25) is 0 Å². The van der Waals surface area contributed by atoms with Crippen LogP contribution in [-0.4, -0.2) is 37.7 Å². The standard InChI is InChI=1S/C20H25NO2/c1-2-11-21(10-1)12-4-7-17-14-19-18(8-3-9-20(19)23-17)16-6-5-13-22-15-16/h3,6,8-9,14H,1-2,4-5,7,10-13,15H2. The average molecular weight is 311 g/mol. The first-order valence-electron chi connectivity index (χ1n) is 8.91. The van der Waals surface area contributed by atoms with E-state index in [0.717, 1.165) is 30.8 Å². The normalized spacial score (nSPS) is 19.4. The highest BCUT2D eigenvalue weighted by molar-refractivity contribution is 5.91. The molecule has 4 rings (SSSR count). The number of likely N-dealkylation sites (tertiary alicyclic amines) is 1. The van der Waals surface area contributed by atoms with Crippen molar-refractivity contribution in [2.24, 2.45) is 0 Å². The third-order valence-electron chi connectivity index (χ3n) is 4.97. The maximum absolute atomic E-state index is 6.08. The quantitative estimate of drug-likeness (QED) is 0.825. The van der Waals surface area contributed by atoms with Crippen LogP contribution in [0.4, 0.5) is 0 Å². The summed E-state index contributed by atoms with van der Waals surface area (Å²) in [6.45, 7) is 5.31. The first-order valence-corrected chi connectivity index (χ1v) is 8.91. The Morgan fingerprint density at radius 2 is 2.04 bits per heavy atom. The van der Waals surface area contributed by atoms with Crippen molar-refractivity contribution in [3.05, 3.63) is 41.7 Å². The summed E-state index contributed by atoms with van der Waals surface area (Å²) in [4.78, 5) is 2.57. The summed E-state index contributed by atoms with van der Waals surface area (Å²) in [5.74, 6) is 1.11. The highest BCUT2D eigenvalue weighted by atomic mass is 16.5. The highest BCUT2D eigenvalue weighted by Crippen LogP contribution is 2.30. The Hall–Kier alpha value is -1.58. The van der Waals surface area contributed by atoms with Gasteiger partial charge in [0.1, 0.15) is 11.3 Å². The van der Waals surface area contributed by atoms with Gasteiger partial charge in [0, 0.05) is 11.8 Å². The highest BCUT2D eigenvalue weighted by Gasteiger charge is 2.14. The van der Waals surface area contributed by atoms with E-state index in [4.69, 9.17) is 9.15 Å². The van der Waals surface area contributed by atoms with Crippen molar-refractivity contribution in [1.82, 2.24) is 4.90 Å². The predicted octanol–water partition coefficient (Wildman–Crippen LogP) is 4.26. The molecule has 122 valence electrons. The molecule has 0 unspecified atom stereocenters. The van der Waals surface area contributed by atoms with Crippen molar-refractivity contribution in [2.75, 3.05) is 32.8 Å². The Labute approximate surface area is 137 Å². The second kappa shape index (κ2) is 6.90. The van der Waals surface area contributed by atoms with E-state index in [1.807, 2.05) is 0 Å². The van der Waals surface area contributed by atoms with Crippen molar-refractivity contribution >= 4 is 16.5 Å².